The van der Waals surface area contributed by atoms with Crippen LogP contribution < -0.4 is 15.2 Å². The monoisotopic (exact) mass is 281 g/mol. The van der Waals surface area contributed by atoms with Gasteiger partial charge in [-0.3, -0.25) is 4.79 Å². The van der Waals surface area contributed by atoms with Gasteiger partial charge in [0.2, 0.25) is 0 Å². The van der Waals surface area contributed by atoms with Gasteiger partial charge in [-0.25, -0.2) is 0 Å². The maximum atomic E-state index is 12.2. The fourth-order valence-corrected chi connectivity index (χ4v) is 2.07. The van der Waals surface area contributed by atoms with Gasteiger partial charge >= 0.3 is 0 Å². The Balaban J connectivity index is 1.77. The van der Waals surface area contributed by atoms with Crippen molar-refractivity contribution in [2.75, 3.05) is 18.9 Å². The third kappa shape index (κ3) is 3.05. The summed E-state index contributed by atoms with van der Waals surface area (Å²) in [5.74, 6) is 1.22. The Labute approximate surface area is 122 Å². The van der Waals surface area contributed by atoms with Gasteiger partial charge in [-0.05, 0) is 42.0 Å². The van der Waals surface area contributed by atoms with Crippen molar-refractivity contribution in [3.8, 4) is 11.5 Å². The number of carbonyl (C=O) groups excluding carboxylic acids is 1. The fourth-order valence-electron chi connectivity index (χ4n) is 2.07. The third-order valence-electron chi connectivity index (χ3n) is 3.19. The Bertz CT molecular complexity index is 690. The van der Waals surface area contributed by atoms with Crippen LogP contribution in [0.15, 0.2) is 48.5 Å². The number of ketones is 1. The van der Waals surface area contributed by atoms with Crippen LogP contribution in [0.4, 0.5) is 5.69 Å². The molecule has 1 aliphatic heterocycles. The average molecular weight is 281 g/mol. The van der Waals surface area contributed by atoms with Crippen molar-refractivity contribution in [1.82, 2.24) is 0 Å². The highest BCUT2D eigenvalue weighted by Crippen LogP contribution is 2.30. The first-order chi connectivity index (χ1) is 10.2. The molecule has 0 aromatic heterocycles. The van der Waals surface area contributed by atoms with Crippen molar-refractivity contribution in [2.24, 2.45) is 0 Å². The van der Waals surface area contributed by atoms with Gasteiger partial charge in [0.25, 0.3) is 0 Å². The van der Waals surface area contributed by atoms with E-state index in [9.17, 15) is 4.79 Å². The minimum absolute atomic E-state index is 0.0798. The van der Waals surface area contributed by atoms with Crippen molar-refractivity contribution in [2.45, 2.75) is 0 Å². The summed E-state index contributed by atoms with van der Waals surface area (Å²) in [6.07, 6.45) is 3.30. The molecular formula is C17H15NO3. The summed E-state index contributed by atoms with van der Waals surface area (Å²) in [7, 11) is 0. The Morgan fingerprint density at radius 1 is 1.00 bits per heavy atom. The van der Waals surface area contributed by atoms with Gasteiger partial charge in [-0.2, -0.15) is 0 Å². The quantitative estimate of drug-likeness (QED) is 0.534. The number of hydrogen-bond donors (Lipinski definition) is 1. The number of nitrogen functional groups attached to an aromatic ring is 1. The van der Waals surface area contributed by atoms with Gasteiger partial charge in [-0.1, -0.05) is 18.2 Å². The molecule has 1 aliphatic rings. The number of rotatable bonds is 3. The minimum atomic E-state index is -0.0798. The highest BCUT2D eigenvalue weighted by Gasteiger charge is 2.13. The Morgan fingerprint density at radius 2 is 1.71 bits per heavy atom. The molecule has 0 bridgehead atoms. The predicted octanol–water partition coefficient (Wildman–Crippen LogP) is 2.94. The van der Waals surface area contributed by atoms with Gasteiger partial charge in [-0.15, -0.1) is 0 Å². The summed E-state index contributed by atoms with van der Waals surface area (Å²) in [6.45, 7) is 1.04. The van der Waals surface area contributed by atoms with Crippen LogP contribution >= 0.6 is 0 Å². The summed E-state index contributed by atoms with van der Waals surface area (Å²) < 4.78 is 10.9. The van der Waals surface area contributed by atoms with Gasteiger partial charge in [0, 0.05) is 11.3 Å². The van der Waals surface area contributed by atoms with E-state index in [-0.39, 0.29) is 5.78 Å². The molecule has 0 unspecified atom stereocenters. The second-order valence-electron chi connectivity index (χ2n) is 4.72. The first kappa shape index (κ1) is 13.2. The summed E-state index contributed by atoms with van der Waals surface area (Å²) in [5.41, 5.74) is 7.82. The number of hydrogen-bond acceptors (Lipinski definition) is 4. The second-order valence-corrected chi connectivity index (χ2v) is 4.72. The van der Waals surface area contributed by atoms with E-state index < -0.39 is 0 Å². The number of ether oxygens (including phenoxy) is 2. The number of benzene rings is 2. The smallest absolute Gasteiger partial charge is 0.185 e. The molecule has 0 fully saturated rings. The zero-order chi connectivity index (χ0) is 14.7. The zero-order valence-corrected chi connectivity index (χ0v) is 11.4. The fraction of sp³-hybridized carbons (Fsp3) is 0.118. The number of anilines is 1. The maximum Gasteiger partial charge on any atom is 0.185 e. The molecule has 0 radical (unpaired) electrons. The van der Waals surface area contributed by atoms with Gasteiger partial charge in [0.1, 0.15) is 13.2 Å². The summed E-state index contributed by atoms with van der Waals surface area (Å²) in [6, 6.07) is 12.5. The summed E-state index contributed by atoms with van der Waals surface area (Å²) in [5, 5.41) is 0. The van der Waals surface area contributed by atoms with Crippen LogP contribution in [0, 0.1) is 0 Å². The predicted molar refractivity (Wildman–Crippen MR) is 81.7 cm³/mol. The lowest BCUT2D eigenvalue weighted by Crippen LogP contribution is -2.15. The van der Waals surface area contributed by atoms with E-state index >= 15 is 0 Å². The summed E-state index contributed by atoms with van der Waals surface area (Å²) in [4.78, 5) is 12.2. The van der Waals surface area contributed by atoms with Crippen LogP contribution in [0.1, 0.15) is 15.9 Å². The van der Waals surface area contributed by atoms with Crippen molar-refractivity contribution in [1.29, 1.82) is 0 Å². The molecule has 2 aromatic carbocycles. The molecule has 4 heteroatoms. The molecule has 0 spiro atoms. The van der Waals surface area contributed by atoms with E-state index in [1.807, 2.05) is 12.1 Å². The molecule has 3 rings (SSSR count). The molecule has 2 aromatic rings. The SMILES string of the molecule is Nc1ccc(/C=C/C(=O)c2ccc3c(c2)OCCO3)cc1. The van der Waals surface area contributed by atoms with E-state index in [4.69, 9.17) is 15.2 Å². The summed E-state index contributed by atoms with van der Waals surface area (Å²) >= 11 is 0. The molecule has 4 nitrogen and oxygen atoms in total. The molecule has 0 saturated carbocycles. The Morgan fingerprint density at radius 3 is 2.48 bits per heavy atom. The van der Waals surface area contributed by atoms with E-state index in [1.54, 1.807) is 36.4 Å². The van der Waals surface area contributed by atoms with Crippen LogP contribution in [0.2, 0.25) is 0 Å². The van der Waals surface area contributed by atoms with Gasteiger partial charge in [0.15, 0.2) is 17.3 Å². The average Bonchev–Trinajstić information content (AvgIpc) is 2.53. The normalized spacial score (nSPS) is 13.3. The van der Waals surface area contributed by atoms with Gasteiger partial charge in [0.05, 0.1) is 0 Å². The lowest BCUT2D eigenvalue weighted by Gasteiger charge is -2.18. The highest BCUT2D eigenvalue weighted by molar-refractivity contribution is 6.07. The maximum absolute atomic E-state index is 12.2. The van der Waals surface area contributed by atoms with Crippen LogP contribution in [-0.2, 0) is 0 Å². The van der Waals surface area contributed by atoms with Crippen molar-refractivity contribution in [3.63, 3.8) is 0 Å². The van der Waals surface area contributed by atoms with Crippen LogP contribution in [-0.4, -0.2) is 19.0 Å². The van der Waals surface area contributed by atoms with Crippen LogP contribution in [0.5, 0.6) is 11.5 Å². The standard InChI is InChI=1S/C17H15NO3/c18-14-5-1-12(2-6-14)3-7-15(19)13-4-8-16-17(11-13)21-10-9-20-16/h1-8,11H,9-10,18H2/b7-3+. The molecule has 106 valence electrons. The number of nitrogens with two attached hydrogens (primary N) is 1. The molecule has 2 N–H and O–H groups in total. The number of allylic oxidation sites excluding steroid dienone is 1. The number of carbonyl (C=O) groups is 1. The van der Waals surface area contributed by atoms with Crippen molar-refractivity contribution >= 4 is 17.5 Å². The molecule has 0 saturated heterocycles. The van der Waals surface area contributed by atoms with Crippen molar-refractivity contribution < 1.29 is 14.3 Å². The molecular weight excluding hydrogens is 266 g/mol. The zero-order valence-electron chi connectivity index (χ0n) is 11.4. The topological polar surface area (TPSA) is 61.6 Å². The first-order valence-corrected chi connectivity index (χ1v) is 6.70. The molecule has 0 atom stereocenters. The van der Waals surface area contributed by atoms with E-state index in [2.05, 4.69) is 0 Å². The largest absolute Gasteiger partial charge is 0.486 e. The highest BCUT2D eigenvalue weighted by atomic mass is 16.6. The van der Waals surface area contributed by atoms with E-state index in [1.165, 1.54) is 6.08 Å². The molecule has 0 aliphatic carbocycles. The van der Waals surface area contributed by atoms with Crippen LogP contribution in [0.3, 0.4) is 0 Å². The molecule has 21 heavy (non-hydrogen) atoms. The Hall–Kier alpha value is -2.75. The third-order valence-corrected chi connectivity index (χ3v) is 3.19. The van der Waals surface area contributed by atoms with Crippen LogP contribution in [0.25, 0.3) is 6.08 Å². The Kier molecular flexibility index (Phi) is 3.60. The lowest BCUT2D eigenvalue weighted by atomic mass is 10.1. The first-order valence-electron chi connectivity index (χ1n) is 6.70. The van der Waals surface area contributed by atoms with E-state index in [0.29, 0.717) is 36.0 Å². The lowest BCUT2D eigenvalue weighted by molar-refractivity contribution is 0.104. The van der Waals surface area contributed by atoms with Crippen molar-refractivity contribution in [3.05, 3.63) is 59.7 Å². The van der Waals surface area contributed by atoms with Gasteiger partial charge < -0.3 is 15.2 Å². The second kappa shape index (κ2) is 5.71. The van der Waals surface area contributed by atoms with E-state index in [0.717, 1.165) is 5.56 Å². The molecule has 1 heterocycles. The molecule has 0 amide bonds. The minimum Gasteiger partial charge on any atom is -0.486 e. The number of fused-ring (bicyclic) bond motifs is 1.